The quantitative estimate of drug-likeness (QED) is 0.539. The van der Waals surface area contributed by atoms with E-state index in [0.717, 1.165) is 16.5 Å². The van der Waals surface area contributed by atoms with E-state index in [1.54, 1.807) is 0 Å². The average molecular weight is 229 g/mol. The Bertz CT molecular complexity index is 284. The van der Waals surface area contributed by atoms with Crippen LogP contribution in [0.1, 0.15) is 41.0 Å². The van der Waals surface area contributed by atoms with Gasteiger partial charge in [0.05, 0.1) is 10.9 Å². The van der Waals surface area contributed by atoms with Crippen LogP contribution >= 0.6 is 0 Å². The summed E-state index contributed by atoms with van der Waals surface area (Å²) in [6, 6.07) is 0. The highest BCUT2D eigenvalue weighted by Crippen LogP contribution is 2.30. The molecule has 3 nitrogen and oxygen atoms in total. The molecule has 0 saturated heterocycles. The van der Waals surface area contributed by atoms with Gasteiger partial charge in [0, 0.05) is 13.8 Å². The maximum Gasteiger partial charge on any atom is 0.303 e. The van der Waals surface area contributed by atoms with Gasteiger partial charge in [-0.25, -0.2) is 4.99 Å². The van der Waals surface area contributed by atoms with Crippen molar-refractivity contribution in [3.8, 4) is 0 Å². The van der Waals surface area contributed by atoms with Crippen LogP contribution in [0.5, 0.6) is 0 Å². The molecule has 15 heavy (non-hydrogen) atoms. The number of aliphatic imine (C=N–C) groups is 1. The van der Waals surface area contributed by atoms with Gasteiger partial charge in [0.2, 0.25) is 4.87 Å². The number of hydrogen-bond donors (Lipinski definition) is 0. The van der Waals surface area contributed by atoms with E-state index in [-0.39, 0.29) is 15.8 Å². The Hall–Kier alpha value is -0.510. The smallest absolute Gasteiger partial charge is 0.303 e. The van der Waals surface area contributed by atoms with Crippen LogP contribution < -0.4 is 0 Å². The Balaban J connectivity index is 2.89. The van der Waals surface area contributed by atoms with Gasteiger partial charge < -0.3 is 4.84 Å². The zero-order valence-electron chi connectivity index (χ0n) is 10.3. The van der Waals surface area contributed by atoms with Crippen LogP contribution in [0.15, 0.2) is 10.1 Å². The van der Waals surface area contributed by atoms with Crippen molar-refractivity contribution in [1.29, 1.82) is 0 Å². The van der Waals surface area contributed by atoms with Gasteiger partial charge in [-0.3, -0.25) is 0 Å². The molecular formula is C11H21N2OS+. The number of nitrogens with zero attached hydrogens (tertiary/aromatic N) is 2. The summed E-state index contributed by atoms with van der Waals surface area (Å²) >= 11 is 0. The SMILES string of the molecule is CCC[S+]1C(=NOCC)C(C)=NC1(C)C. The van der Waals surface area contributed by atoms with Gasteiger partial charge >= 0.3 is 5.04 Å². The summed E-state index contributed by atoms with van der Waals surface area (Å²) in [6.07, 6.45) is 1.17. The maximum atomic E-state index is 5.17. The Kier molecular flexibility index (Phi) is 4.20. The van der Waals surface area contributed by atoms with E-state index in [1.807, 2.05) is 13.8 Å². The Morgan fingerprint density at radius 1 is 1.40 bits per heavy atom. The van der Waals surface area contributed by atoms with Crippen molar-refractivity contribution in [2.24, 2.45) is 10.1 Å². The molecule has 0 aromatic heterocycles. The fraction of sp³-hybridized carbons (Fsp3) is 0.818. The third kappa shape index (κ3) is 2.74. The minimum Gasteiger partial charge on any atom is -0.392 e. The van der Waals surface area contributed by atoms with Gasteiger partial charge in [0.1, 0.15) is 18.1 Å². The van der Waals surface area contributed by atoms with Gasteiger partial charge in [0.15, 0.2) is 0 Å². The molecule has 0 aromatic carbocycles. The predicted molar refractivity (Wildman–Crippen MR) is 68.8 cm³/mol. The fourth-order valence-electron chi connectivity index (χ4n) is 1.71. The first-order valence-corrected chi connectivity index (χ1v) is 6.90. The summed E-state index contributed by atoms with van der Waals surface area (Å²) < 4.78 is 0. The molecule has 1 aliphatic rings. The highest BCUT2D eigenvalue weighted by molar-refractivity contribution is 8.14. The second kappa shape index (κ2) is 5.01. The lowest BCUT2D eigenvalue weighted by Gasteiger charge is -2.14. The molecule has 0 saturated carbocycles. The van der Waals surface area contributed by atoms with E-state index in [1.165, 1.54) is 6.42 Å². The van der Waals surface area contributed by atoms with Crippen LogP contribution in [0, 0.1) is 0 Å². The van der Waals surface area contributed by atoms with Crippen molar-refractivity contribution in [1.82, 2.24) is 0 Å². The first kappa shape index (κ1) is 12.6. The van der Waals surface area contributed by atoms with Crippen LogP contribution in [0.25, 0.3) is 0 Å². The molecule has 0 amide bonds. The largest absolute Gasteiger partial charge is 0.392 e. The molecule has 0 radical (unpaired) electrons. The summed E-state index contributed by atoms with van der Waals surface area (Å²) in [7, 11) is 0.114. The van der Waals surface area contributed by atoms with E-state index in [2.05, 4.69) is 30.9 Å². The minimum atomic E-state index is 0.00995. The zero-order valence-corrected chi connectivity index (χ0v) is 11.1. The van der Waals surface area contributed by atoms with Gasteiger partial charge in [-0.2, -0.15) is 0 Å². The molecule has 1 heterocycles. The van der Waals surface area contributed by atoms with Gasteiger partial charge in [-0.05, 0) is 25.4 Å². The van der Waals surface area contributed by atoms with Gasteiger partial charge in [-0.15, -0.1) is 0 Å². The molecular weight excluding hydrogens is 208 g/mol. The van der Waals surface area contributed by atoms with E-state index < -0.39 is 0 Å². The second-order valence-electron chi connectivity index (χ2n) is 4.05. The number of rotatable bonds is 4. The van der Waals surface area contributed by atoms with Crippen LogP contribution in [0.2, 0.25) is 0 Å². The summed E-state index contributed by atoms with van der Waals surface area (Å²) in [5.41, 5.74) is 1.05. The summed E-state index contributed by atoms with van der Waals surface area (Å²) in [5, 5.41) is 5.29. The maximum absolute atomic E-state index is 5.17. The molecule has 0 aromatic rings. The number of oxime groups is 1. The minimum absolute atomic E-state index is 0.00995. The summed E-state index contributed by atoms with van der Waals surface area (Å²) in [4.78, 5) is 9.86. The van der Waals surface area contributed by atoms with Crippen molar-refractivity contribution in [2.75, 3.05) is 12.4 Å². The van der Waals surface area contributed by atoms with Crippen molar-refractivity contribution in [3.05, 3.63) is 0 Å². The second-order valence-corrected chi connectivity index (χ2v) is 6.63. The Labute approximate surface area is 95.3 Å². The van der Waals surface area contributed by atoms with Crippen molar-refractivity contribution in [3.63, 3.8) is 0 Å². The summed E-state index contributed by atoms with van der Waals surface area (Å²) in [6.45, 7) is 11.2. The topological polar surface area (TPSA) is 34.0 Å². The van der Waals surface area contributed by atoms with E-state index in [4.69, 9.17) is 4.84 Å². The average Bonchev–Trinajstić information content (AvgIpc) is 2.35. The van der Waals surface area contributed by atoms with Crippen LogP contribution in [0.4, 0.5) is 0 Å². The Morgan fingerprint density at radius 3 is 2.60 bits per heavy atom. The van der Waals surface area contributed by atoms with Crippen LogP contribution in [-0.2, 0) is 15.7 Å². The van der Waals surface area contributed by atoms with E-state index >= 15 is 0 Å². The van der Waals surface area contributed by atoms with Crippen LogP contribution in [0.3, 0.4) is 0 Å². The van der Waals surface area contributed by atoms with E-state index in [9.17, 15) is 0 Å². The van der Waals surface area contributed by atoms with Gasteiger partial charge in [0.25, 0.3) is 0 Å². The molecule has 1 rings (SSSR count). The molecule has 0 N–H and O–H groups in total. The first-order chi connectivity index (χ1) is 7.03. The fourth-order valence-corrected chi connectivity index (χ4v) is 4.07. The highest BCUT2D eigenvalue weighted by atomic mass is 32.2. The lowest BCUT2D eigenvalue weighted by atomic mass is 10.4. The third-order valence-corrected chi connectivity index (χ3v) is 5.22. The third-order valence-electron chi connectivity index (χ3n) is 2.27. The van der Waals surface area contributed by atoms with Crippen molar-refractivity contribution < 1.29 is 4.84 Å². The molecule has 1 unspecified atom stereocenters. The lowest BCUT2D eigenvalue weighted by molar-refractivity contribution is 0.160. The summed E-state index contributed by atoms with van der Waals surface area (Å²) in [5.74, 6) is 1.15. The zero-order chi connectivity index (χ0) is 11.5. The van der Waals surface area contributed by atoms with Crippen molar-refractivity contribution >= 4 is 21.7 Å². The van der Waals surface area contributed by atoms with Crippen molar-refractivity contribution in [2.45, 2.75) is 45.9 Å². The molecule has 0 spiro atoms. The molecule has 86 valence electrons. The highest BCUT2D eigenvalue weighted by Gasteiger charge is 2.50. The first-order valence-electron chi connectivity index (χ1n) is 5.50. The predicted octanol–water partition coefficient (Wildman–Crippen LogP) is 2.58. The van der Waals surface area contributed by atoms with Crippen LogP contribution in [-0.4, -0.2) is 28.0 Å². The molecule has 0 aliphatic carbocycles. The number of hydrogen-bond acceptors (Lipinski definition) is 3. The standard InChI is InChI=1S/C11H21N2OS/c1-6-8-15-10(13-14-7-2)9(3)12-11(15,4)5/h6-8H2,1-5H3/q+1. The monoisotopic (exact) mass is 229 g/mol. The lowest BCUT2D eigenvalue weighted by Crippen LogP contribution is -2.33. The molecule has 1 atom stereocenters. The Morgan fingerprint density at radius 2 is 2.07 bits per heavy atom. The molecule has 4 heteroatoms. The molecule has 1 aliphatic heterocycles. The molecule has 0 bridgehead atoms. The molecule has 0 fully saturated rings. The van der Waals surface area contributed by atoms with E-state index in [0.29, 0.717) is 6.61 Å². The van der Waals surface area contributed by atoms with Gasteiger partial charge in [-0.1, -0.05) is 6.92 Å². The normalized spacial score (nSPS) is 26.9.